The lowest BCUT2D eigenvalue weighted by Gasteiger charge is -2.27. The van der Waals surface area contributed by atoms with Crippen molar-refractivity contribution >= 4 is 29.3 Å². The van der Waals surface area contributed by atoms with Gasteiger partial charge in [0.25, 0.3) is 11.8 Å². The Bertz CT molecular complexity index is 881. The summed E-state index contributed by atoms with van der Waals surface area (Å²) in [5.41, 5.74) is 1.14. The average Bonchev–Trinajstić information content (AvgIpc) is 3.02. The van der Waals surface area contributed by atoms with E-state index >= 15 is 0 Å². The number of carbonyl (C=O) groups is 4. The van der Waals surface area contributed by atoms with Crippen molar-refractivity contribution in [1.29, 1.82) is 0 Å². The monoisotopic (exact) mass is 428 g/mol. The second kappa shape index (κ2) is 9.57. The van der Waals surface area contributed by atoms with Crippen LogP contribution in [0.15, 0.2) is 18.2 Å². The van der Waals surface area contributed by atoms with Gasteiger partial charge < -0.3 is 15.4 Å². The Balaban J connectivity index is 1.33. The highest BCUT2D eigenvalue weighted by atomic mass is 16.5. The first kappa shape index (κ1) is 21.5. The van der Waals surface area contributed by atoms with Crippen LogP contribution in [0.25, 0.3) is 0 Å². The molecule has 1 unspecified atom stereocenters. The molecular formula is C22H28N4O5. The molecule has 0 spiro atoms. The normalized spacial score (nSPS) is 21.9. The maximum atomic E-state index is 13.0. The number of piperidine rings is 2. The molecule has 1 atom stereocenters. The summed E-state index contributed by atoms with van der Waals surface area (Å²) in [5, 5.41) is 8.78. The van der Waals surface area contributed by atoms with E-state index in [-0.39, 0.29) is 29.9 Å². The number of nitrogens with one attached hydrogen (secondary N) is 3. The number of nitrogens with zero attached hydrogens (tertiary/aromatic N) is 1. The van der Waals surface area contributed by atoms with Gasteiger partial charge in [0.05, 0.1) is 11.1 Å². The minimum atomic E-state index is -0.957. The van der Waals surface area contributed by atoms with Gasteiger partial charge >= 0.3 is 0 Å². The van der Waals surface area contributed by atoms with Crippen molar-refractivity contribution in [3.8, 4) is 0 Å². The molecule has 3 aliphatic heterocycles. The van der Waals surface area contributed by atoms with Gasteiger partial charge in [-0.3, -0.25) is 29.4 Å². The number of benzene rings is 1. The number of hydrogen-bond donors (Lipinski definition) is 3. The van der Waals surface area contributed by atoms with Crippen molar-refractivity contribution in [1.82, 2.24) is 15.5 Å². The highest BCUT2D eigenvalue weighted by Gasteiger charge is 2.45. The molecule has 166 valence electrons. The molecule has 4 amide bonds. The smallest absolute Gasteiger partial charge is 0.264 e. The molecule has 4 rings (SSSR count). The first-order chi connectivity index (χ1) is 15.1. The summed E-state index contributed by atoms with van der Waals surface area (Å²) >= 11 is 0. The van der Waals surface area contributed by atoms with Gasteiger partial charge in [-0.2, -0.15) is 0 Å². The fraction of sp³-hybridized carbons (Fsp3) is 0.545. The molecule has 1 aromatic rings. The third-order valence-electron chi connectivity index (χ3n) is 6.06. The summed E-state index contributed by atoms with van der Waals surface area (Å²) < 4.78 is 5.79. The number of hydrogen-bond acceptors (Lipinski definition) is 7. The Morgan fingerprint density at radius 1 is 1.06 bits per heavy atom. The van der Waals surface area contributed by atoms with E-state index in [1.54, 1.807) is 18.2 Å². The average molecular weight is 428 g/mol. The van der Waals surface area contributed by atoms with Crippen LogP contribution < -0.4 is 16.0 Å². The number of carbonyl (C=O) groups excluding carboxylic acids is 4. The molecule has 3 N–H and O–H groups in total. The van der Waals surface area contributed by atoms with Crippen LogP contribution in [0.3, 0.4) is 0 Å². The van der Waals surface area contributed by atoms with Crippen LogP contribution in [-0.2, 0) is 14.3 Å². The topological polar surface area (TPSA) is 117 Å². The number of fused-ring (bicyclic) bond motifs is 1. The number of rotatable bonds is 8. The van der Waals surface area contributed by atoms with Crippen molar-refractivity contribution in [3.05, 3.63) is 29.3 Å². The minimum Gasteiger partial charge on any atom is -0.384 e. The van der Waals surface area contributed by atoms with E-state index in [2.05, 4.69) is 16.0 Å². The van der Waals surface area contributed by atoms with Crippen molar-refractivity contribution in [3.63, 3.8) is 0 Å². The Hall–Kier alpha value is -2.78. The van der Waals surface area contributed by atoms with Gasteiger partial charge in [-0.05, 0) is 56.8 Å². The maximum Gasteiger partial charge on any atom is 0.264 e. The number of ether oxygens (including phenoxy) is 1. The van der Waals surface area contributed by atoms with E-state index in [4.69, 9.17) is 4.74 Å². The quantitative estimate of drug-likeness (QED) is 0.416. The molecule has 0 radical (unpaired) electrons. The van der Waals surface area contributed by atoms with E-state index in [1.165, 1.54) is 0 Å². The Morgan fingerprint density at radius 2 is 1.87 bits per heavy atom. The third kappa shape index (κ3) is 4.62. The molecule has 3 aliphatic rings. The molecule has 0 aliphatic carbocycles. The second-order valence-electron chi connectivity index (χ2n) is 8.22. The molecule has 31 heavy (non-hydrogen) atoms. The van der Waals surface area contributed by atoms with E-state index < -0.39 is 23.8 Å². The molecule has 0 aromatic heterocycles. The zero-order valence-corrected chi connectivity index (χ0v) is 17.4. The van der Waals surface area contributed by atoms with Gasteiger partial charge in [0.1, 0.15) is 6.04 Å². The molecule has 2 saturated heterocycles. The number of imide groups is 2. The Labute approximate surface area is 180 Å². The summed E-state index contributed by atoms with van der Waals surface area (Å²) in [6.07, 6.45) is 3.32. The van der Waals surface area contributed by atoms with Gasteiger partial charge in [-0.1, -0.05) is 6.07 Å². The number of anilines is 1. The molecule has 0 bridgehead atoms. The van der Waals surface area contributed by atoms with Crippen LogP contribution in [0, 0.1) is 5.92 Å². The van der Waals surface area contributed by atoms with Crippen molar-refractivity contribution in [2.75, 3.05) is 38.2 Å². The number of amides is 4. The standard InChI is InChI=1S/C22H28N4O5/c27-18-6-5-17(20(28)25-18)26-21(29)15-3-1-4-16(19(15)22(26)30)24-9-2-12-31-13-14-7-10-23-11-8-14/h1,3-4,14,17,23-24H,2,5-13H2,(H,25,27,28). The lowest BCUT2D eigenvalue weighted by Crippen LogP contribution is -2.54. The van der Waals surface area contributed by atoms with E-state index in [1.807, 2.05) is 0 Å². The van der Waals surface area contributed by atoms with Crippen LogP contribution in [0.2, 0.25) is 0 Å². The summed E-state index contributed by atoms with van der Waals surface area (Å²) in [4.78, 5) is 50.5. The van der Waals surface area contributed by atoms with Crippen LogP contribution in [0.4, 0.5) is 5.69 Å². The van der Waals surface area contributed by atoms with Crippen LogP contribution in [0.1, 0.15) is 52.8 Å². The van der Waals surface area contributed by atoms with Gasteiger partial charge in [0.15, 0.2) is 0 Å². The summed E-state index contributed by atoms with van der Waals surface area (Å²) in [5.74, 6) is -1.37. The highest BCUT2D eigenvalue weighted by Crippen LogP contribution is 2.32. The predicted molar refractivity (Wildman–Crippen MR) is 113 cm³/mol. The van der Waals surface area contributed by atoms with E-state index in [0.29, 0.717) is 24.8 Å². The lowest BCUT2D eigenvalue weighted by molar-refractivity contribution is -0.136. The molecule has 3 heterocycles. The zero-order chi connectivity index (χ0) is 21.8. The van der Waals surface area contributed by atoms with Crippen LogP contribution in [0.5, 0.6) is 0 Å². The zero-order valence-electron chi connectivity index (χ0n) is 17.4. The van der Waals surface area contributed by atoms with Gasteiger partial charge in [0, 0.05) is 31.9 Å². The van der Waals surface area contributed by atoms with Gasteiger partial charge in [-0.25, -0.2) is 0 Å². The predicted octanol–water partition coefficient (Wildman–Crippen LogP) is 0.906. The summed E-state index contributed by atoms with van der Waals surface area (Å²) in [7, 11) is 0. The first-order valence-corrected chi connectivity index (χ1v) is 10.9. The van der Waals surface area contributed by atoms with E-state index in [0.717, 1.165) is 43.9 Å². The molecular weight excluding hydrogens is 400 g/mol. The van der Waals surface area contributed by atoms with Gasteiger partial charge in [-0.15, -0.1) is 0 Å². The first-order valence-electron chi connectivity index (χ1n) is 10.9. The Morgan fingerprint density at radius 3 is 2.65 bits per heavy atom. The second-order valence-corrected chi connectivity index (χ2v) is 8.22. The third-order valence-corrected chi connectivity index (χ3v) is 6.06. The van der Waals surface area contributed by atoms with Gasteiger partial charge in [0.2, 0.25) is 11.8 Å². The fourth-order valence-corrected chi connectivity index (χ4v) is 4.36. The Kier molecular flexibility index (Phi) is 6.62. The molecule has 0 saturated carbocycles. The molecule has 9 heteroatoms. The minimum absolute atomic E-state index is 0.103. The summed E-state index contributed by atoms with van der Waals surface area (Å²) in [6, 6.07) is 4.11. The van der Waals surface area contributed by atoms with Crippen molar-refractivity contribution < 1.29 is 23.9 Å². The maximum absolute atomic E-state index is 13.0. The molecule has 2 fully saturated rings. The van der Waals surface area contributed by atoms with E-state index in [9.17, 15) is 19.2 Å². The largest absolute Gasteiger partial charge is 0.384 e. The van der Waals surface area contributed by atoms with Crippen molar-refractivity contribution in [2.45, 2.75) is 38.1 Å². The molecule has 9 nitrogen and oxygen atoms in total. The lowest BCUT2D eigenvalue weighted by atomic mass is 9.99. The SMILES string of the molecule is O=C1CCC(N2C(=O)c3cccc(NCCCOCC4CCNCC4)c3C2=O)C(=O)N1. The van der Waals surface area contributed by atoms with Crippen LogP contribution >= 0.6 is 0 Å². The summed E-state index contributed by atoms with van der Waals surface area (Å²) in [6.45, 7) is 4.11. The van der Waals surface area contributed by atoms with Crippen LogP contribution in [-0.4, -0.2) is 67.4 Å². The van der Waals surface area contributed by atoms with Crippen molar-refractivity contribution in [2.24, 2.45) is 5.92 Å². The fourth-order valence-electron chi connectivity index (χ4n) is 4.36. The highest BCUT2D eigenvalue weighted by molar-refractivity contribution is 6.25. The molecule has 1 aromatic carbocycles.